The van der Waals surface area contributed by atoms with E-state index in [1.807, 2.05) is 6.07 Å². The summed E-state index contributed by atoms with van der Waals surface area (Å²) in [5, 5.41) is 19.8. The van der Waals surface area contributed by atoms with Crippen molar-refractivity contribution in [1.82, 2.24) is 4.90 Å². The topological polar surface area (TPSA) is 112 Å². The second-order valence-corrected chi connectivity index (χ2v) is 7.79. The minimum atomic E-state index is -0.368. The van der Waals surface area contributed by atoms with Crippen molar-refractivity contribution < 1.29 is 24.2 Å². The number of nitrogens with one attached hydrogen (secondary N) is 2. The van der Waals surface area contributed by atoms with Crippen molar-refractivity contribution in [2.24, 2.45) is 5.92 Å². The van der Waals surface area contributed by atoms with Gasteiger partial charge in [0.2, 0.25) is 0 Å². The number of hydrogen-bond donors (Lipinski definition) is 3. The molecule has 3 N–H and O–H groups in total. The number of carbonyl (C=O) groups excluding carboxylic acids is 2. The first kappa shape index (κ1) is 23.8. The number of terminal acetylenes is 1. The van der Waals surface area contributed by atoms with Crippen molar-refractivity contribution in [2.75, 3.05) is 38.7 Å². The van der Waals surface area contributed by atoms with Crippen LogP contribution in [0.1, 0.15) is 27.9 Å². The molecule has 172 valence electrons. The third-order valence-corrected chi connectivity index (χ3v) is 5.24. The molecule has 1 unspecified atom stereocenters. The first-order chi connectivity index (χ1) is 15.9. The zero-order valence-electron chi connectivity index (χ0n) is 18.5. The van der Waals surface area contributed by atoms with Gasteiger partial charge in [-0.25, -0.2) is 0 Å². The van der Waals surface area contributed by atoms with E-state index in [1.54, 1.807) is 48.3 Å². The third-order valence-electron chi connectivity index (χ3n) is 5.24. The fourth-order valence-corrected chi connectivity index (χ4v) is 3.54. The number of ether oxygens (including phenoxy) is 2. The molecule has 0 fully saturated rings. The van der Waals surface area contributed by atoms with E-state index >= 15 is 0 Å². The van der Waals surface area contributed by atoms with Gasteiger partial charge in [0.15, 0.2) is 0 Å². The molecule has 33 heavy (non-hydrogen) atoms. The molecule has 0 spiro atoms. The van der Waals surface area contributed by atoms with E-state index in [0.717, 1.165) is 11.3 Å². The molecule has 1 amide bonds. The molecule has 0 aromatic heterocycles. The van der Waals surface area contributed by atoms with Crippen LogP contribution in [-0.4, -0.2) is 61.1 Å². The highest BCUT2D eigenvalue weighted by atomic mass is 16.5. The minimum absolute atomic E-state index is 0.0110. The van der Waals surface area contributed by atoms with Gasteiger partial charge in [0.1, 0.15) is 18.2 Å². The van der Waals surface area contributed by atoms with E-state index < -0.39 is 0 Å². The van der Waals surface area contributed by atoms with Gasteiger partial charge in [0.25, 0.3) is 5.91 Å². The van der Waals surface area contributed by atoms with Crippen molar-refractivity contribution in [3.05, 3.63) is 59.2 Å². The number of aliphatic hydroxyl groups is 1. The Bertz CT molecular complexity index is 1060. The van der Waals surface area contributed by atoms with Gasteiger partial charge >= 0.3 is 5.97 Å². The summed E-state index contributed by atoms with van der Waals surface area (Å²) in [6, 6.07) is 12.2. The summed E-state index contributed by atoms with van der Waals surface area (Å²) in [6.45, 7) is 0.522. The lowest BCUT2D eigenvalue weighted by Crippen LogP contribution is -2.27. The normalized spacial score (nSPS) is 14.3. The van der Waals surface area contributed by atoms with Crippen LogP contribution < -0.4 is 10.1 Å². The van der Waals surface area contributed by atoms with Gasteiger partial charge in [-0.15, -0.1) is 6.42 Å². The zero-order chi connectivity index (χ0) is 23.8. The number of rotatable bonds is 8. The van der Waals surface area contributed by atoms with Gasteiger partial charge in [-0.1, -0.05) is 18.1 Å². The molecule has 1 aliphatic heterocycles. The van der Waals surface area contributed by atoms with Crippen LogP contribution in [-0.2, 0) is 16.0 Å². The van der Waals surface area contributed by atoms with Crippen LogP contribution in [0.3, 0.4) is 0 Å². The van der Waals surface area contributed by atoms with Gasteiger partial charge < -0.3 is 24.8 Å². The van der Waals surface area contributed by atoms with Crippen LogP contribution >= 0.6 is 0 Å². The second-order valence-electron chi connectivity index (χ2n) is 7.79. The van der Waals surface area contributed by atoms with Gasteiger partial charge in [-0.3, -0.25) is 15.0 Å². The third kappa shape index (κ3) is 6.34. The van der Waals surface area contributed by atoms with Gasteiger partial charge in [0.05, 0.1) is 26.2 Å². The highest BCUT2D eigenvalue weighted by Crippen LogP contribution is 2.31. The Balaban J connectivity index is 1.62. The SMILES string of the molecule is C#CCN(C)C(=N)c1ccc(C(=O)Nc2ccc3c(c2)CC(CC(=O)OCCO)CO3)cc1. The van der Waals surface area contributed by atoms with Gasteiger partial charge in [-0.2, -0.15) is 0 Å². The molecular weight excluding hydrogens is 422 g/mol. The van der Waals surface area contributed by atoms with E-state index in [4.69, 9.17) is 26.4 Å². The lowest BCUT2D eigenvalue weighted by molar-refractivity contribution is -0.146. The standard InChI is InChI=1S/C25H27N3O5/c1-3-10-28(2)24(26)18-4-6-19(7-5-18)25(31)27-21-8-9-22-20(15-21)13-17(16-33-22)14-23(30)32-12-11-29/h1,4-9,15,17,26,29H,10-14,16H2,2H3,(H,27,31). The zero-order valence-corrected chi connectivity index (χ0v) is 18.5. The highest BCUT2D eigenvalue weighted by molar-refractivity contribution is 6.05. The van der Waals surface area contributed by atoms with Gasteiger partial charge in [-0.05, 0) is 42.3 Å². The Kier molecular flexibility index (Phi) is 8.06. The molecule has 0 saturated heterocycles. The minimum Gasteiger partial charge on any atom is -0.493 e. The molecule has 2 aromatic carbocycles. The van der Waals surface area contributed by atoms with Crippen LogP contribution in [0.2, 0.25) is 0 Å². The van der Waals surface area contributed by atoms with Crippen molar-refractivity contribution >= 4 is 23.4 Å². The number of amidine groups is 1. The predicted octanol–water partition coefficient (Wildman–Crippen LogP) is 2.31. The van der Waals surface area contributed by atoms with Gasteiger partial charge in [0, 0.05) is 29.8 Å². The van der Waals surface area contributed by atoms with E-state index in [9.17, 15) is 9.59 Å². The van der Waals surface area contributed by atoms with E-state index in [-0.39, 0.29) is 43.3 Å². The molecule has 8 nitrogen and oxygen atoms in total. The van der Waals surface area contributed by atoms with Crippen molar-refractivity contribution in [2.45, 2.75) is 12.8 Å². The predicted molar refractivity (Wildman–Crippen MR) is 124 cm³/mol. The molecule has 3 rings (SSSR count). The number of fused-ring (bicyclic) bond motifs is 1. The summed E-state index contributed by atoms with van der Waals surface area (Å²) in [5.74, 6) is 2.83. The van der Waals surface area contributed by atoms with E-state index in [1.165, 1.54) is 0 Å². The number of aliphatic hydroxyl groups excluding tert-OH is 1. The molecule has 0 aliphatic carbocycles. The summed E-state index contributed by atoms with van der Waals surface area (Å²) in [4.78, 5) is 26.2. The van der Waals surface area contributed by atoms with E-state index in [0.29, 0.717) is 36.4 Å². The lowest BCUT2D eigenvalue weighted by atomic mass is 9.93. The smallest absolute Gasteiger partial charge is 0.306 e. The van der Waals surface area contributed by atoms with Crippen LogP contribution in [0.5, 0.6) is 5.75 Å². The molecule has 2 aromatic rings. The number of anilines is 1. The largest absolute Gasteiger partial charge is 0.493 e. The van der Waals surface area contributed by atoms with Crippen LogP contribution in [0.15, 0.2) is 42.5 Å². The van der Waals surface area contributed by atoms with E-state index in [2.05, 4.69) is 11.2 Å². The van der Waals surface area contributed by atoms with Crippen LogP contribution in [0.25, 0.3) is 0 Å². The molecule has 0 bridgehead atoms. The first-order valence-corrected chi connectivity index (χ1v) is 10.6. The molecule has 1 heterocycles. The number of carbonyl (C=O) groups is 2. The Hall–Kier alpha value is -3.83. The Morgan fingerprint density at radius 1 is 1.27 bits per heavy atom. The maximum atomic E-state index is 12.7. The number of esters is 1. The lowest BCUT2D eigenvalue weighted by Gasteiger charge is -2.25. The monoisotopic (exact) mass is 449 g/mol. The summed E-state index contributed by atoms with van der Waals surface area (Å²) in [6.07, 6.45) is 6.12. The number of hydrogen-bond acceptors (Lipinski definition) is 6. The molecule has 1 atom stereocenters. The number of benzene rings is 2. The first-order valence-electron chi connectivity index (χ1n) is 10.6. The van der Waals surface area contributed by atoms with Crippen LogP contribution in [0.4, 0.5) is 5.69 Å². The average molecular weight is 450 g/mol. The average Bonchev–Trinajstić information content (AvgIpc) is 2.82. The summed E-state index contributed by atoms with van der Waals surface area (Å²) >= 11 is 0. The highest BCUT2D eigenvalue weighted by Gasteiger charge is 2.23. The summed E-state index contributed by atoms with van der Waals surface area (Å²) in [5.41, 5.74) is 2.65. The fraction of sp³-hybridized carbons (Fsp3) is 0.320. The molecular formula is C25H27N3O5. The maximum Gasteiger partial charge on any atom is 0.306 e. The molecule has 8 heteroatoms. The molecule has 1 aliphatic rings. The van der Waals surface area contributed by atoms with Crippen molar-refractivity contribution in [1.29, 1.82) is 5.41 Å². The Labute approximate surface area is 193 Å². The molecule has 0 radical (unpaired) electrons. The summed E-state index contributed by atoms with van der Waals surface area (Å²) in [7, 11) is 1.74. The Morgan fingerprint density at radius 2 is 2.00 bits per heavy atom. The molecule has 0 saturated carbocycles. The maximum absolute atomic E-state index is 12.7. The van der Waals surface area contributed by atoms with Crippen molar-refractivity contribution in [3.8, 4) is 18.1 Å². The fourth-order valence-electron chi connectivity index (χ4n) is 3.54. The number of amides is 1. The van der Waals surface area contributed by atoms with Crippen molar-refractivity contribution in [3.63, 3.8) is 0 Å². The Morgan fingerprint density at radius 3 is 2.70 bits per heavy atom. The van der Waals surface area contributed by atoms with Crippen LogP contribution in [0, 0.1) is 23.7 Å². The quantitative estimate of drug-likeness (QED) is 0.247. The number of nitrogens with zero attached hydrogens (tertiary/aromatic N) is 1. The second kappa shape index (κ2) is 11.2. The summed E-state index contributed by atoms with van der Waals surface area (Å²) < 4.78 is 10.7.